The largest absolute Gasteiger partial charge is 1.00 e. The third-order valence-electron chi connectivity index (χ3n) is 3.27. The zero-order valence-electron chi connectivity index (χ0n) is 9.81. The number of carbonyl (C=O) groups excluding carboxylic acids is 2. The minimum atomic E-state index is -3.81. The van der Waals surface area contributed by atoms with Gasteiger partial charge in [-0.2, -0.15) is 0 Å². The number of sulfone groups is 1. The number of carbonyl (C=O) groups is 2. The van der Waals surface area contributed by atoms with E-state index in [9.17, 15) is 23.1 Å². The Morgan fingerprint density at radius 3 is 2.22 bits per heavy atom. The molecule has 0 bridgehead atoms. The number of carboxylic acids is 1. The average Bonchev–Trinajstić information content (AvgIpc) is 2.29. The smallest absolute Gasteiger partial charge is 0.548 e. The minimum Gasteiger partial charge on any atom is -0.548 e. The molecule has 2 saturated heterocycles. The molecule has 1 unspecified atom stereocenters. The molecule has 10 heteroatoms. The van der Waals surface area contributed by atoms with E-state index in [0.29, 0.717) is 0 Å². The summed E-state index contributed by atoms with van der Waals surface area (Å²) in [5.41, 5.74) is 0. The fourth-order valence-electron chi connectivity index (χ4n) is 2.27. The van der Waals surface area contributed by atoms with Crippen LogP contribution in [0.15, 0.2) is 0 Å². The molecule has 96 valence electrons. The molecule has 2 heterocycles. The van der Waals surface area contributed by atoms with Gasteiger partial charge in [0.25, 0.3) is 5.91 Å². The number of aliphatic carboxylic acids is 1. The van der Waals surface area contributed by atoms with Crippen molar-refractivity contribution in [2.75, 3.05) is 0 Å². The molecule has 0 aliphatic carbocycles. The predicted molar refractivity (Wildman–Crippen MR) is 63.0 cm³/mol. The molecule has 18 heavy (non-hydrogen) atoms. The molecule has 0 aromatic carbocycles. The Labute approximate surface area is 143 Å². The number of rotatable bonds is 1. The molecule has 0 aromatic heterocycles. The van der Waals surface area contributed by atoms with Crippen LogP contribution >= 0.6 is 31.9 Å². The molecule has 1 amide bonds. The van der Waals surface area contributed by atoms with Crippen LogP contribution in [0.4, 0.5) is 0 Å². The summed E-state index contributed by atoms with van der Waals surface area (Å²) in [5.74, 6) is -2.18. The molecule has 2 atom stereocenters. The van der Waals surface area contributed by atoms with Crippen LogP contribution in [-0.4, -0.2) is 44.6 Å². The van der Waals surface area contributed by atoms with Crippen LogP contribution in [0.3, 0.4) is 0 Å². The Bertz CT molecular complexity index is 532. The molecule has 0 aromatic rings. The quantitative estimate of drug-likeness (QED) is 0.248. The molecule has 2 rings (SSSR count). The number of fused-ring (bicyclic) bond motifs is 1. The number of alkyl halides is 2. The van der Waals surface area contributed by atoms with Gasteiger partial charge in [0.15, 0.2) is 18.4 Å². The van der Waals surface area contributed by atoms with Gasteiger partial charge >= 0.3 is 29.6 Å². The molecule has 2 fully saturated rings. The van der Waals surface area contributed by atoms with Crippen molar-refractivity contribution >= 4 is 53.6 Å². The van der Waals surface area contributed by atoms with Crippen molar-refractivity contribution in [1.82, 2.24) is 4.90 Å². The van der Waals surface area contributed by atoms with Gasteiger partial charge in [-0.15, -0.1) is 0 Å². The first-order valence-electron chi connectivity index (χ1n) is 4.62. The summed E-state index contributed by atoms with van der Waals surface area (Å²) in [6.07, 6.45) is 0. The van der Waals surface area contributed by atoms with Gasteiger partial charge in [-0.25, -0.2) is 8.42 Å². The Morgan fingerprint density at radius 2 is 1.83 bits per heavy atom. The molecule has 0 N–H and O–H groups in total. The van der Waals surface area contributed by atoms with Crippen LogP contribution in [-0.2, 0) is 19.4 Å². The summed E-state index contributed by atoms with van der Waals surface area (Å²) in [6.45, 7) is 2.56. The van der Waals surface area contributed by atoms with Crippen molar-refractivity contribution in [2.45, 2.75) is 33.2 Å². The van der Waals surface area contributed by atoms with E-state index in [4.69, 9.17) is 0 Å². The Balaban J connectivity index is 0.00000162. The third-order valence-corrected chi connectivity index (χ3v) is 8.28. The van der Waals surface area contributed by atoms with Crippen LogP contribution in [0.2, 0.25) is 0 Å². The second-order valence-corrected chi connectivity index (χ2v) is 10.7. The SMILES string of the molecule is CC1(C)[C@H](C(=O)[O-])N2C(=O)C(Br)(Br)C2S1(=O)=O.[Na+]. The second-order valence-electron chi connectivity index (χ2n) is 4.56. The molecule has 0 saturated carbocycles. The molecular formula is C8H8Br2NNaO5S. The normalized spacial score (nSPS) is 34.2. The van der Waals surface area contributed by atoms with Crippen LogP contribution in [0.25, 0.3) is 0 Å². The summed E-state index contributed by atoms with van der Waals surface area (Å²) >= 11 is 5.95. The van der Waals surface area contributed by atoms with Crippen LogP contribution in [0, 0.1) is 0 Å². The number of hydrogen-bond donors (Lipinski definition) is 0. The van der Waals surface area contributed by atoms with Gasteiger partial charge in [0.1, 0.15) is 0 Å². The van der Waals surface area contributed by atoms with Crippen LogP contribution in [0.5, 0.6) is 0 Å². The fraction of sp³-hybridized carbons (Fsp3) is 0.750. The summed E-state index contributed by atoms with van der Waals surface area (Å²) in [5, 5.41) is 9.83. The zero-order chi connectivity index (χ0) is 13.4. The summed E-state index contributed by atoms with van der Waals surface area (Å²) in [4.78, 5) is 23.6. The Hall–Kier alpha value is 0.850. The number of carboxylic acid groups (broad SMARTS) is 1. The fourth-order valence-corrected chi connectivity index (χ4v) is 6.70. The first-order chi connectivity index (χ1) is 7.47. The van der Waals surface area contributed by atoms with E-state index >= 15 is 0 Å². The molecule has 6 nitrogen and oxygen atoms in total. The molecule has 0 spiro atoms. The maximum atomic E-state index is 12.2. The first-order valence-corrected chi connectivity index (χ1v) is 7.75. The van der Waals surface area contributed by atoms with Crippen molar-refractivity contribution in [2.24, 2.45) is 0 Å². The van der Waals surface area contributed by atoms with Crippen molar-refractivity contribution < 1.29 is 52.7 Å². The van der Waals surface area contributed by atoms with Gasteiger partial charge in [0, 0.05) is 0 Å². The monoisotopic (exact) mass is 411 g/mol. The minimum absolute atomic E-state index is 0. The zero-order valence-corrected chi connectivity index (χ0v) is 15.8. The van der Waals surface area contributed by atoms with Crippen molar-refractivity contribution in [3.63, 3.8) is 0 Å². The number of hydrogen-bond acceptors (Lipinski definition) is 5. The maximum absolute atomic E-state index is 12.2. The maximum Gasteiger partial charge on any atom is 1.00 e. The number of halogens is 2. The van der Waals surface area contributed by atoms with Crippen molar-refractivity contribution in [1.29, 1.82) is 0 Å². The third kappa shape index (κ3) is 1.70. The van der Waals surface area contributed by atoms with Gasteiger partial charge in [-0.1, -0.05) is 31.9 Å². The summed E-state index contributed by atoms with van der Waals surface area (Å²) < 4.78 is 21.4. The van der Waals surface area contributed by atoms with E-state index in [0.717, 1.165) is 4.90 Å². The van der Waals surface area contributed by atoms with E-state index in [2.05, 4.69) is 31.9 Å². The standard InChI is InChI=1S/C8H9Br2NO5S.Na/c1-7(2)3(4(12)13)11-5(14)8(9,10)6(11)17(7,15)16;/h3,6H,1-2H3,(H,12,13);/q;+1/p-1/t3-,6?;/m0./s1. The Kier molecular flexibility index (Phi) is 4.15. The molecule has 2 aliphatic heterocycles. The van der Waals surface area contributed by atoms with Crippen molar-refractivity contribution in [3.05, 3.63) is 0 Å². The Morgan fingerprint density at radius 1 is 1.39 bits per heavy atom. The topological polar surface area (TPSA) is 94.6 Å². The summed E-state index contributed by atoms with van der Waals surface area (Å²) in [6, 6.07) is -1.46. The number of amides is 1. The van der Waals surface area contributed by atoms with Crippen LogP contribution < -0.4 is 34.7 Å². The second kappa shape index (κ2) is 4.42. The van der Waals surface area contributed by atoms with E-state index in [1.54, 1.807) is 0 Å². The number of nitrogens with zero attached hydrogens (tertiary/aromatic N) is 1. The van der Waals surface area contributed by atoms with Gasteiger partial charge in [0.05, 0.1) is 16.8 Å². The van der Waals surface area contributed by atoms with E-state index in [-0.39, 0.29) is 29.6 Å². The average molecular weight is 413 g/mol. The van der Waals surface area contributed by atoms with E-state index in [1.165, 1.54) is 13.8 Å². The molecule has 0 radical (unpaired) electrons. The van der Waals surface area contributed by atoms with E-state index in [1.807, 2.05) is 0 Å². The van der Waals surface area contributed by atoms with Gasteiger partial charge < -0.3 is 14.8 Å². The first kappa shape index (κ1) is 16.9. The van der Waals surface area contributed by atoms with Gasteiger partial charge in [0.2, 0.25) is 0 Å². The van der Waals surface area contributed by atoms with Crippen molar-refractivity contribution in [3.8, 4) is 0 Å². The number of β-lactam (4-membered cyclic amide) rings is 1. The predicted octanol–water partition coefficient (Wildman–Crippen LogP) is -4.03. The van der Waals surface area contributed by atoms with E-state index < -0.39 is 41.1 Å². The van der Waals surface area contributed by atoms with Gasteiger partial charge in [-0.3, -0.25) is 4.79 Å². The molecular weight excluding hydrogens is 405 g/mol. The van der Waals surface area contributed by atoms with Crippen LogP contribution in [0.1, 0.15) is 13.8 Å². The molecule has 2 aliphatic rings. The summed E-state index contributed by atoms with van der Waals surface area (Å²) in [7, 11) is -3.81. The van der Waals surface area contributed by atoms with Gasteiger partial charge in [-0.05, 0) is 13.8 Å².